The molecule has 0 spiro atoms. The first-order chi connectivity index (χ1) is 16.4. The van der Waals surface area contributed by atoms with E-state index in [0.717, 1.165) is 6.07 Å². The number of benzene rings is 2. The summed E-state index contributed by atoms with van der Waals surface area (Å²) in [7, 11) is -4.01. The topological polar surface area (TPSA) is 104 Å². The molecule has 6 nitrogen and oxygen atoms in total. The molecule has 0 aliphatic heterocycles. The molecule has 0 radical (unpaired) electrons. The predicted octanol–water partition coefficient (Wildman–Crippen LogP) is 4.33. The van der Waals surface area contributed by atoms with Gasteiger partial charge in [0, 0.05) is 30.0 Å². The molecule has 0 heterocycles. The highest BCUT2D eigenvalue weighted by atomic mass is 35.5. The van der Waals surface area contributed by atoms with Crippen LogP contribution in [0.4, 0.5) is 18.9 Å². The lowest BCUT2D eigenvalue weighted by Gasteiger charge is -2.43. The Labute approximate surface area is 206 Å². The molecule has 1 amide bonds. The molecule has 5 atom stereocenters. The number of sulfone groups is 1. The third-order valence-corrected chi connectivity index (χ3v) is 10.1. The number of halogens is 4. The van der Waals surface area contributed by atoms with Crippen LogP contribution in [0.15, 0.2) is 35.2 Å². The van der Waals surface area contributed by atoms with Crippen LogP contribution in [0.3, 0.4) is 0 Å². The molecule has 3 N–H and O–H groups in total. The zero-order valence-corrected chi connectivity index (χ0v) is 20.3. The minimum Gasteiger partial charge on any atom is -0.396 e. The molecule has 2 bridgehead atoms. The highest BCUT2D eigenvalue weighted by molar-refractivity contribution is 7.92. The maximum absolute atomic E-state index is 13.6. The molecule has 190 valence electrons. The van der Waals surface area contributed by atoms with Gasteiger partial charge in [0.1, 0.15) is 0 Å². The van der Waals surface area contributed by atoms with E-state index in [1.165, 1.54) is 12.1 Å². The van der Waals surface area contributed by atoms with Crippen molar-refractivity contribution in [3.05, 3.63) is 58.4 Å². The smallest absolute Gasteiger partial charge is 0.255 e. The quantitative estimate of drug-likeness (QED) is 0.481. The number of rotatable bonds is 6. The summed E-state index contributed by atoms with van der Waals surface area (Å²) < 4.78 is 67.3. The number of hydrogen-bond donors (Lipinski definition) is 3. The van der Waals surface area contributed by atoms with Crippen molar-refractivity contribution in [1.29, 1.82) is 0 Å². The molecule has 2 aromatic rings. The van der Waals surface area contributed by atoms with Crippen molar-refractivity contribution >= 4 is 33.0 Å². The Bertz CT molecular complexity index is 1250. The molecule has 4 rings (SSSR count). The first kappa shape index (κ1) is 25.9. The number of carbonyl (C=O) groups is 1. The van der Waals surface area contributed by atoms with E-state index in [-0.39, 0.29) is 64.8 Å². The Balaban J connectivity index is 1.61. The van der Waals surface area contributed by atoms with Gasteiger partial charge in [-0.2, -0.15) is 0 Å². The molecule has 11 heteroatoms. The van der Waals surface area contributed by atoms with E-state index in [1.54, 1.807) is 0 Å². The van der Waals surface area contributed by atoms with Crippen molar-refractivity contribution < 1.29 is 36.6 Å². The van der Waals surface area contributed by atoms with Crippen LogP contribution < -0.4 is 5.32 Å². The summed E-state index contributed by atoms with van der Waals surface area (Å²) in [6.07, 6.45) is 1.21. The van der Waals surface area contributed by atoms with Gasteiger partial charge in [-0.25, -0.2) is 21.6 Å². The number of hydrogen-bond acceptors (Lipinski definition) is 5. The van der Waals surface area contributed by atoms with Crippen molar-refractivity contribution in [2.45, 2.75) is 48.4 Å². The van der Waals surface area contributed by atoms with Crippen LogP contribution in [-0.2, 0) is 9.84 Å². The number of amides is 1. The van der Waals surface area contributed by atoms with Crippen molar-refractivity contribution in [3.63, 3.8) is 0 Å². The second kappa shape index (κ2) is 9.38. The van der Waals surface area contributed by atoms with E-state index >= 15 is 0 Å². The van der Waals surface area contributed by atoms with Gasteiger partial charge in [-0.05, 0) is 61.6 Å². The first-order valence-corrected chi connectivity index (χ1v) is 13.1. The van der Waals surface area contributed by atoms with Gasteiger partial charge < -0.3 is 15.5 Å². The molecule has 2 unspecified atom stereocenters. The molecule has 2 fully saturated rings. The number of carbonyl (C=O) groups excluding carboxylic acids is 1. The third kappa shape index (κ3) is 4.57. The lowest BCUT2D eigenvalue weighted by atomic mass is 9.71. The van der Waals surface area contributed by atoms with E-state index in [2.05, 4.69) is 5.32 Å². The van der Waals surface area contributed by atoms with Gasteiger partial charge in [-0.1, -0.05) is 18.5 Å². The summed E-state index contributed by atoms with van der Waals surface area (Å²) in [5.74, 6) is -6.02. The van der Waals surface area contributed by atoms with Crippen LogP contribution >= 0.6 is 11.6 Å². The molecule has 2 aromatic carbocycles. The summed E-state index contributed by atoms with van der Waals surface area (Å²) in [5, 5.41) is 21.9. The van der Waals surface area contributed by atoms with Gasteiger partial charge in [0.25, 0.3) is 5.91 Å². The van der Waals surface area contributed by atoms with Crippen molar-refractivity contribution in [1.82, 2.24) is 0 Å². The summed E-state index contributed by atoms with van der Waals surface area (Å²) in [6.45, 7) is 1.76. The lowest BCUT2D eigenvalue weighted by molar-refractivity contribution is -0.0781. The number of anilines is 1. The third-order valence-electron chi connectivity index (χ3n) is 7.45. The van der Waals surface area contributed by atoms with Gasteiger partial charge in [-0.15, -0.1) is 0 Å². The SMILES string of the molecule is C[C@H]1CC2C[C@@H](S(=O)(=O)c3cc(C(=O)Nc4cc(F)c(F)c(F)c4)ccc3Cl)CC1[C@@]2(O)CCO. The highest BCUT2D eigenvalue weighted by Crippen LogP contribution is 2.56. The van der Waals surface area contributed by atoms with E-state index in [0.29, 0.717) is 18.6 Å². The van der Waals surface area contributed by atoms with E-state index in [4.69, 9.17) is 11.6 Å². The molecule has 35 heavy (non-hydrogen) atoms. The Morgan fingerprint density at radius 1 is 1.14 bits per heavy atom. The van der Waals surface area contributed by atoms with Crippen molar-refractivity contribution in [2.24, 2.45) is 17.8 Å². The van der Waals surface area contributed by atoms with Gasteiger partial charge >= 0.3 is 0 Å². The normalized spacial score (nSPS) is 28.2. The maximum Gasteiger partial charge on any atom is 0.255 e. The van der Waals surface area contributed by atoms with Crippen molar-refractivity contribution in [3.8, 4) is 0 Å². The van der Waals surface area contributed by atoms with Gasteiger partial charge in [-0.3, -0.25) is 4.79 Å². The lowest BCUT2D eigenvalue weighted by Crippen LogP contribution is -2.49. The molecule has 0 aromatic heterocycles. The summed E-state index contributed by atoms with van der Waals surface area (Å²) in [4.78, 5) is 12.4. The van der Waals surface area contributed by atoms with Crippen LogP contribution in [0.5, 0.6) is 0 Å². The number of fused-ring (bicyclic) bond motifs is 2. The second-order valence-electron chi connectivity index (χ2n) is 9.47. The van der Waals surface area contributed by atoms with Crippen molar-refractivity contribution in [2.75, 3.05) is 11.9 Å². The predicted molar refractivity (Wildman–Crippen MR) is 123 cm³/mol. The molecule has 2 saturated carbocycles. The monoisotopic (exact) mass is 531 g/mol. The average molecular weight is 532 g/mol. The minimum absolute atomic E-state index is 0.0841. The largest absolute Gasteiger partial charge is 0.396 e. The molecular weight excluding hydrogens is 507 g/mol. The van der Waals surface area contributed by atoms with E-state index in [9.17, 15) is 36.6 Å². The highest BCUT2D eigenvalue weighted by Gasteiger charge is 2.58. The summed E-state index contributed by atoms with van der Waals surface area (Å²) >= 11 is 6.21. The molecular formula is C24H25ClF3NO5S. The van der Waals surface area contributed by atoms with Gasteiger partial charge in [0.15, 0.2) is 27.3 Å². The Morgan fingerprint density at radius 3 is 2.40 bits per heavy atom. The van der Waals surface area contributed by atoms with E-state index < -0.39 is 44.0 Å². The second-order valence-corrected chi connectivity index (χ2v) is 12.1. The van der Waals surface area contributed by atoms with Gasteiger partial charge in [0.05, 0.1) is 20.8 Å². The van der Waals surface area contributed by atoms with Gasteiger partial charge in [0.2, 0.25) is 0 Å². The first-order valence-electron chi connectivity index (χ1n) is 11.2. The summed E-state index contributed by atoms with van der Waals surface area (Å²) in [6, 6.07) is 4.83. The Kier molecular flexibility index (Phi) is 6.95. The standard InChI is InChI=1S/C24H25ClF3NO5S/c1-12-6-14-8-16(11-17(12)24(14,32)4-5-30)35(33,34)21-7-13(2-3-18(21)25)23(31)29-15-9-19(26)22(28)20(27)10-15/h2-3,7,9-10,12,14,16-17,30,32H,4-6,8,11H2,1H3,(H,29,31)/t12-,14?,16+,17?,24+/m0/s1. The zero-order chi connectivity index (χ0) is 25.7. The average Bonchev–Trinajstić information content (AvgIpc) is 2.90. The fourth-order valence-corrected chi connectivity index (χ4v) is 8.12. The van der Waals surface area contributed by atoms with Crippen LogP contribution in [0.1, 0.15) is 43.0 Å². The summed E-state index contributed by atoms with van der Waals surface area (Å²) in [5.41, 5.74) is -1.58. The van der Waals surface area contributed by atoms with Crippen LogP contribution in [0, 0.1) is 35.2 Å². The van der Waals surface area contributed by atoms with Crippen LogP contribution in [0.25, 0.3) is 0 Å². The zero-order valence-electron chi connectivity index (χ0n) is 18.8. The number of nitrogens with one attached hydrogen (secondary N) is 1. The molecule has 2 aliphatic carbocycles. The van der Waals surface area contributed by atoms with Crippen LogP contribution in [-0.4, -0.2) is 42.0 Å². The fourth-order valence-electron chi connectivity index (χ4n) is 5.74. The number of aliphatic hydroxyl groups is 2. The number of aliphatic hydroxyl groups excluding tert-OH is 1. The Morgan fingerprint density at radius 2 is 1.80 bits per heavy atom. The fraction of sp³-hybridized carbons (Fsp3) is 0.458. The molecule has 0 saturated heterocycles. The minimum atomic E-state index is -4.01. The van der Waals surface area contributed by atoms with E-state index in [1.807, 2.05) is 6.92 Å². The molecule has 2 aliphatic rings. The van der Waals surface area contributed by atoms with Crippen LogP contribution in [0.2, 0.25) is 5.02 Å². The maximum atomic E-state index is 13.6. The Hall–Kier alpha value is -2.14.